The van der Waals surface area contributed by atoms with Gasteiger partial charge >= 0.3 is 11.9 Å². The van der Waals surface area contributed by atoms with Crippen molar-refractivity contribution in [2.45, 2.75) is 53.1 Å². The van der Waals surface area contributed by atoms with E-state index < -0.39 is 24.1 Å². The van der Waals surface area contributed by atoms with E-state index in [9.17, 15) is 9.59 Å². The molecule has 28 heavy (non-hydrogen) atoms. The molecular weight excluding hydrogens is 362 g/mol. The predicted octanol–water partition coefficient (Wildman–Crippen LogP) is 1.86. The van der Waals surface area contributed by atoms with Crippen LogP contribution in [0.1, 0.15) is 36.2 Å². The largest absolute Gasteiger partial charge is 0.459 e. The molecule has 2 unspecified atom stereocenters. The summed E-state index contributed by atoms with van der Waals surface area (Å²) in [5.41, 5.74) is 2.97. The predicted molar refractivity (Wildman–Crippen MR) is 102 cm³/mol. The molecule has 0 N–H and O–H groups in total. The third-order valence-electron chi connectivity index (χ3n) is 4.02. The zero-order chi connectivity index (χ0) is 21.1. The van der Waals surface area contributed by atoms with Crippen molar-refractivity contribution in [3.05, 3.63) is 28.6 Å². The molecule has 0 aliphatic heterocycles. The van der Waals surface area contributed by atoms with Crippen molar-refractivity contribution in [3.8, 4) is 24.7 Å². The van der Waals surface area contributed by atoms with Crippen molar-refractivity contribution in [2.75, 3.05) is 13.2 Å². The minimum atomic E-state index is -0.786. The molecule has 0 fully saturated rings. The zero-order valence-electron chi connectivity index (χ0n) is 16.6. The van der Waals surface area contributed by atoms with Gasteiger partial charge in [-0.3, -0.25) is 4.98 Å². The van der Waals surface area contributed by atoms with Crippen molar-refractivity contribution in [1.82, 2.24) is 4.98 Å². The quantitative estimate of drug-likeness (QED) is 0.448. The summed E-state index contributed by atoms with van der Waals surface area (Å²) in [5, 5.41) is 0. The standard InChI is InChI=1S/C21H25NO6/c1-7-9-25-16(5)20(23)27-12-18-11-22-15(4)14(3)19(18)13-28-21(24)17(6)26-10-8-2/h1-2,11,16-17H,9-10,12-13H2,3-6H3. The molecule has 0 aliphatic carbocycles. The minimum absolute atomic E-state index is 0.00614. The number of rotatable bonds is 10. The summed E-state index contributed by atoms with van der Waals surface area (Å²) in [6.45, 7) is 6.80. The van der Waals surface area contributed by atoms with E-state index in [2.05, 4.69) is 16.8 Å². The summed E-state index contributed by atoms with van der Waals surface area (Å²) in [7, 11) is 0. The lowest BCUT2D eigenvalue weighted by Crippen LogP contribution is -2.25. The topological polar surface area (TPSA) is 84.0 Å². The van der Waals surface area contributed by atoms with E-state index >= 15 is 0 Å². The van der Waals surface area contributed by atoms with Gasteiger partial charge in [0.1, 0.15) is 26.4 Å². The molecule has 1 heterocycles. The van der Waals surface area contributed by atoms with Crippen LogP contribution in [-0.2, 0) is 41.8 Å². The number of esters is 2. The Morgan fingerprint density at radius 2 is 1.50 bits per heavy atom. The maximum Gasteiger partial charge on any atom is 0.335 e. The molecule has 0 bridgehead atoms. The van der Waals surface area contributed by atoms with Crippen LogP contribution in [0.4, 0.5) is 0 Å². The van der Waals surface area contributed by atoms with Crippen LogP contribution in [0.25, 0.3) is 0 Å². The number of pyridine rings is 1. The van der Waals surface area contributed by atoms with Crippen LogP contribution < -0.4 is 0 Å². The summed E-state index contributed by atoms with van der Waals surface area (Å²) in [6, 6.07) is 0. The maximum atomic E-state index is 12.0. The highest BCUT2D eigenvalue weighted by Gasteiger charge is 2.19. The lowest BCUT2D eigenvalue weighted by Gasteiger charge is -2.17. The zero-order valence-corrected chi connectivity index (χ0v) is 16.6. The fraction of sp³-hybridized carbons (Fsp3) is 0.476. The highest BCUT2D eigenvalue weighted by atomic mass is 16.6. The van der Waals surface area contributed by atoms with Gasteiger partial charge in [-0.25, -0.2) is 9.59 Å². The number of aromatic nitrogens is 1. The van der Waals surface area contributed by atoms with E-state index in [0.29, 0.717) is 5.56 Å². The van der Waals surface area contributed by atoms with E-state index in [1.807, 2.05) is 13.8 Å². The smallest absolute Gasteiger partial charge is 0.335 e. The van der Waals surface area contributed by atoms with Gasteiger partial charge in [-0.15, -0.1) is 12.8 Å². The SMILES string of the molecule is C#CCOC(C)C(=O)OCc1cnc(C)c(C)c1COC(=O)C(C)OCC#C. The Morgan fingerprint density at radius 1 is 1.00 bits per heavy atom. The van der Waals surface area contributed by atoms with Gasteiger partial charge in [-0.2, -0.15) is 0 Å². The molecule has 7 heteroatoms. The summed E-state index contributed by atoms with van der Waals surface area (Å²) in [4.78, 5) is 28.3. The second kappa shape index (κ2) is 11.8. The number of terminal acetylenes is 2. The summed E-state index contributed by atoms with van der Waals surface area (Å²) >= 11 is 0. The molecule has 2 atom stereocenters. The summed E-state index contributed by atoms with van der Waals surface area (Å²) in [5.74, 6) is 3.50. The van der Waals surface area contributed by atoms with Gasteiger partial charge in [0.25, 0.3) is 0 Å². The third kappa shape index (κ3) is 7.03. The molecular formula is C21H25NO6. The van der Waals surface area contributed by atoms with Crippen LogP contribution in [0.3, 0.4) is 0 Å². The highest BCUT2D eigenvalue weighted by Crippen LogP contribution is 2.19. The fourth-order valence-electron chi connectivity index (χ4n) is 2.14. The van der Waals surface area contributed by atoms with Crippen molar-refractivity contribution in [2.24, 2.45) is 0 Å². The maximum absolute atomic E-state index is 12.0. The second-order valence-corrected chi connectivity index (χ2v) is 6.00. The Bertz CT molecular complexity index is 774. The van der Waals surface area contributed by atoms with E-state index in [1.54, 1.807) is 20.0 Å². The Labute approximate surface area is 165 Å². The van der Waals surface area contributed by atoms with Gasteiger partial charge in [0.05, 0.1) is 0 Å². The van der Waals surface area contributed by atoms with Gasteiger partial charge in [-0.1, -0.05) is 11.8 Å². The van der Waals surface area contributed by atoms with E-state index in [0.717, 1.165) is 16.8 Å². The molecule has 0 saturated heterocycles. The highest BCUT2D eigenvalue weighted by molar-refractivity contribution is 5.74. The van der Waals surface area contributed by atoms with Crippen LogP contribution >= 0.6 is 0 Å². The van der Waals surface area contributed by atoms with Gasteiger partial charge in [-0.05, 0) is 33.3 Å². The van der Waals surface area contributed by atoms with Crippen molar-refractivity contribution >= 4 is 11.9 Å². The molecule has 150 valence electrons. The monoisotopic (exact) mass is 387 g/mol. The Kier molecular flexibility index (Phi) is 9.73. The van der Waals surface area contributed by atoms with Crippen molar-refractivity contribution in [1.29, 1.82) is 0 Å². The van der Waals surface area contributed by atoms with Crippen molar-refractivity contribution < 1.29 is 28.5 Å². The Morgan fingerprint density at radius 3 is 2.00 bits per heavy atom. The third-order valence-corrected chi connectivity index (χ3v) is 4.02. The van der Waals surface area contributed by atoms with Crippen LogP contribution in [0.2, 0.25) is 0 Å². The lowest BCUT2D eigenvalue weighted by molar-refractivity contribution is -0.158. The van der Waals surface area contributed by atoms with E-state index in [4.69, 9.17) is 31.8 Å². The number of aryl methyl sites for hydroxylation is 1. The normalized spacial score (nSPS) is 12.4. The molecule has 0 radical (unpaired) electrons. The van der Waals surface area contributed by atoms with Crippen LogP contribution in [0.5, 0.6) is 0 Å². The fourth-order valence-corrected chi connectivity index (χ4v) is 2.14. The average Bonchev–Trinajstić information content (AvgIpc) is 2.69. The van der Waals surface area contributed by atoms with Crippen molar-refractivity contribution in [3.63, 3.8) is 0 Å². The van der Waals surface area contributed by atoms with Gasteiger partial charge in [0.15, 0.2) is 12.2 Å². The Balaban J connectivity index is 2.80. The van der Waals surface area contributed by atoms with Crippen LogP contribution in [0, 0.1) is 38.5 Å². The summed E-state index contributed by atoms with van der Waals surface area (Å²) < 4.78 is 20.9. The molecule has 7 nitrogen and oxygen atoms in total. The van der Waals surface area contributed by atoms with E-state index in [-0.39, 0.29) is 26.4 Å². The first-order valence-corrected chi connectivity index (χ1v) is 8.69. The van der Waals surface area contributed by atoms with Crippen LogP contribution in [-0.4, -0.2) is 42.3 Å². The first-order valence-electron chi connectivity index (χ1n) is 8.69. The number of ether oxygens (including phenoxy) is 4. The van der Waals surface area contributed by atoms with Gasteiger partial charge in [0, 0.05) is 23.0 Å². The van der Waals surface area contributed by atoms with Gasteiger partial charge < -0.3 is 18.9 Å². The number of hydrogen-bond acceptors (Lipinski definition) is 7. The molecule has 1 aromatic rings. The Hall–Kier alpha value is -2.87. The molecule has 0 spiro atoms. The molecule has 1 aromatic heterocycles. The molecule has 0 aliphatic rings. The van der Waals surface area contributed by atoms with Gasteiger partial charge in [0.2, 0.25) is 0 Å². The minimum Gasteiger partial charge on any atom is -0.459 e. The number of nitrogens with zero attached hydrogens (tertiary/aromatic N) is 1. The second-order valence-electron chi connectivity index (χ2n) is 6.00. The number of carbonyl (C=O) groups is 2. The lowest BCUT2D eigenvalue weighted by atomic mass is 10.0. The first-order chi connectivity index (χ1) is 13.3. The molecule has 0 amide bonds. The van der Waals surface area contributed by atoms with E-state index in [1.165, 1.54) is 0 Å². The molecule has 0 aromatic carbocycles. The summed E-state index contributed by atoms with van der Waals surface area (Å²) in [6.07, 6.45) is 10.2. The number of carbonyl (C=O) groups excluding carboxylic acids is 2. The number of hydrogen-bond donors (Lipinski definition) is 0. The molecule has 0 saturated carbocycles. The first kappa shape index (κ1) is 23.2. The van der Waals surface area contributed by atoms with Crippen LogP contribution in [0.15, 0.2) is 6.20 Å². The molecule has 1 rings (SSSR count). The average molecular weight is 387 g/mol.